The third-order valence-corrected chi connectivity index (χ3v) is 2.98. The molecule has 0 spiro atoms. The Morgan fingerprint density at radius 2 is 1.82 bits per heavy atom. The van der Waals surface area contributed by atoms with Gasteiger partial charge in [-0.05, 0) is 26.3 Å². The number of esters is 1. The monoisotopic (exact) mass is 235 g/mol. The predicted octanol–water partition coefficient (Wildman–Crippen LogP) is 2.63. The molecule has 1 aromatic rings. The van der Waals surface area contributed by atoms with Gasteiger partial charge in [0.15, 0.2) is 0 Å². The van der Waals surface area contributed by atoms with E-state index >= 15 is 0 Å². The molecule has 1 rings (SSSR count). The van der Waals surface area contributed by atoms with Crippen LogP contribution in [0.15, 0.2) is 30.3 Å². The van der Waals surface area contributed by atoms with Crippen molar-refractivity contribution >= 4 is 5.97 Å². The first-order chi connectivity index (χ1) is 8.06. The van der Waals surface area contributed by atoms with E-state index in [2.05, 4.69) is 37.8 Å². The molecule has 0 saturated carbocycles. The molecule has 0 bridgehead atoms. The quantitative estimate of drug-likeness (QED) is 0.735. The van der Waals surface area contributed by atoms with Gasteiger partial charge in [-0.15, -0.1) is 0 Å². The van der Waals surface area contributed by atoms with Gasteiger partial charge in [0.2, 0.25) is 0 Å². The number of benzene rings is 1. The molecule has 0 fully saturated rings. The molecule has 0 aliphatic rings. The number of carbonyl (C=O) groups excluding carboxylic acids is 1. The minimum Gasteiger partial charge on any atom is -0.468 e. The van der Waals surface area contributed by atoms with Gasteiger partial charge in [0.1, 0.15) is 0 Å². The Labute approximate surface area is 103 Å². The van der Waals surface area contributed by atoms with E-state index in [4.69, 9.17) is 4.74 Å². The second-order valence-electron chi connectivity index (χ2n) is 4.43. The molecule has 0 saturated heterocycles. The molecule has 0 radical (unpaired) electrons. The summed E-state index contributed by atoms with van der Waals surface area (Å²) >= 11 is 0. The molecule has 3 heteroatoms. The van der Waals surface area contributed by atoms with Crippen molar-refractivity contribution in [3.8, 4) is 0 Å². The topological polar surface area (TPSA) is 29.5 Å². The van der Waals surface area contributed by atoms with Gasteiger partial charge >= 0.3 is 5.97 Å². The summed E-state index contributed by atoms with van der Waals surface area (Å²) in [5, 5.41) is 0. The zero-order chi connectivity index (χ0) is 12.8. The van der Waals surface area contributed by atoms with Crippen molar-refractivity contribution in [2.24, 2.45) is 0 Å². The van der Waals surface area contributed by atoms with Gasteiger partial charge in [0.05, 0.1) is 13.7 Å². The summed E-state index contributed by atoms with van der Waals surface area (Å²) in [6.07, 6.45) is 0. The highest BCUT2D eigenvalue weighted by atomic mass is 16.5. The minimum atomic E-state index is -0.193. The lowest BCUT2D eigenvalue weighted by Crippen LogP contribution is -2.38. The van der Waals surface area contributed by atoms with Crippen LogP contribution in [0.3, 0.4) is 0 Å². The average molecular weight is 235 g/mol. The summed E-state index contributed by atoms with van der Waals surface area (Å²) in [5.41, 5.74) is 1.21. The lowest BCUT2D eigenvalue weighted by Gasteiger charge is -2.31. The largest absolute Gasteiger partial charge is 0.468 e. The van der Waals surface area contributed by atoms with E-state index in [-0.39, 0.29) is 12.0 Å². The fraction of sp³-hybridized carbons (Fsp3) is 0.500. The zero-order valence-electron chi connectivity index (χ0n) is 11.0. The van der Waals surface area contributed by atoms with Crippen LogP contribution in [-0.4, -0.2) is 30.6 Å². The molecular weight excluding hydrogens is 214 g/mol. The number of ether oxygens (including phenoxy) is 1. The normalized spacial score (nSPS) is 12.8. The number of hydrogen-bond donors (Lipinski definition) is 0. The average Bonchev–Trinajstić information content (AvgIpc) is 2.35. The van der Waals surface area contributed by atoms with E-state index in [1.807, 2.05) is 18.2 Å². The number of methoxy groups -OCH3 is 1. The summed E-state index contributed by atoms with van der Waals surface area (Å²) in [6, 6.07) is 10.7. The van der Waals surface area contributed by atoms with Gasteiger partial charge in [0, 0.05) is 12.1 Å². The predicted molar refractivity (Wildman–Crippen MR) is 68.7 cm³/mol. The van der Waals surface area contributed by atoms with Crippen molar-refractivity contribution < 1.29 is 9.53 Å². The number of hydrogen-bond acceptors (Lipinski definition) is 3. The van der Waals surface area contributed by atoms with E-state index in [0.717, 1.165) is 0 Å². The van der Waals surface area contributed by atoms with Gasteiger partial charge in [-0.2, -0.15) is 0 Å². The van der Waals surface area contributed by atoms with Gasteiger partial charge in [-0.25, -0.2) is 0 Å². The molecule has 0 amide bonds. The smallest absolute Gasteiger partial charge is 0.319 e. The highest BCUT2D eigenvalue weighted by molar-refractivity contribution is 5.71. The highest BCUT2D eigenvalue weighted by Gasteiger charge is 2.21. The number of carbonyl (C=O) groups is 1. The zero-order valence-corrected chi connectivity index (χ0v) is 11.0. The van der Waals surface area contributed by atoms with E-state index in [1.54, 1.807) is 0 Å². The SMILES string of the molecule is COC(=O)CN(C(C)C)C(C)c1ccccc1. The summed E-state index contributed by atoms with van der Waals surface area (Å²) in [6.45, 7) is 6.60. The third-order valence-electron chi connectivity index (χ3n) is 2.98. The number of nitrogens with zero attached hydrogens (tertiary/aromatic N) is 1. The maximum absolute atomic E-state index is 11.4. The van der Waals surface area contributed by atoms with Crippen LogP contribution in [0.25, 0.3) is 0 Å². The van der Waals surface area contributed by atoms with Crippen molar-refractivity contribution in [2.45, 2.75) is 32.9 Å². The van der Waals surface area contributed by atoms with Crippen molar-refractivity contribution in [1.29, 1.82) is 0 Å². The molecule has 0 N–H and O–H groups in total. The Hall–Kier alpha value is -1.35. The van der Waals surface area contributed by atoms with Crippen molar-refractivity contribution in [2.75, 3.05) is 13.7 Å². The van der Waals surface area contributed by atoms with Gasteiger partial charge in [0.25, 0.3) is 0 Å². The molecular formula is C14H21NO2. The van der Waals surface area contributed by atoms with E-state index in [9.17, 15) is 4.79 Å². The van der Waals surface area contributed by atoms with Crippen LogP contribution in [0.4, 0.5) is 0 Å². The molecule has 0 aromatic heterocycles. The van der Waals surface area contributed by atoms with Crippen LogP contribution in [0.2, 0.25) is 0 Å². The Bertz CT molecular complexity index is 348. The van der Waals surface area contributed by atoms with Gasteiger partial charge in [-0.3, -0.25) is 9.69 Å². The first-order valence-corrected chi connectivity index (χ1v) is 5.93. The molecule has 0 aliphatic heterocycles. The summed E-state index contributed by atoms with van der Waals surface area (Å²) in [4.78, 5) is 13.5. The first kappa shape index (κ1) is 13.7. The maximum Gasteiger partial charge on any atom is 0.319 e. The Morgan fingerprint density at radius 3 is 2.29 bits per heavy atom. The Balaban J connectivity index is 2.81. The molecule has 1 unspecified atom stereocenters. The maximum atomic E-state index is 11.4. The molecule has 17 heavy (non-hydrogen) atoms. The van der Waals surface area contributed by atoms with Crippen LogP contribution < -0.4 is 0 Å². The van der Waals surface area contributed by atoms with Crippen LogP contribution in [0.5, 0.6) is 0 Å². The summed E-state index contributed by atoms with van der Waals surface area (Å²) in [7, 11) is 1.42. The van der Waals surface area contributed by atoms with Crippen LogP contribution in [0, 0.1) is 0 Å². The van der Waals surface area contributed by atoms with Gasteiger partial charge < -0.3 is 4.74 Å². The molecule has 1 atom stereocenters. The van der Waals surface area contributed by atoms with Crippen LogP contribution in [-0.2, 0) is 9.53 Å². The summed E-state index contributed by atoms with van der Waals surface area (Å²) < 4.78 is 4.74. The Morgan fingerprint density at radius 1 is 1.24 bits per heavy atom. The minimum absolute atomic E-state index is 0.193. The van der Waals surface area contributed by atoms with Gasteiger partial charge in [-0.1, -0.05) is 30.3 Å². The second kappa shape index (κ2) is 6.40. The van der Waals surface area contributed by atoms with Crippen LogP contribution in [0.1, 0.15) is 32.4 Å². The first-order valence-electron chi connectivity index (χ1n) is 5.93. The van der Waals surface area contributed by atoms with Crippen LogP contribution >= 0.6 is 0 Å². The van der Waals surface area contributed by atoms with E-state index in [1.165, 1.54) is 12.7 Å². The van der Waals surface area contributed by atoms with E-state index in [0.29, 0.717) is 12.6 Å². The Kier molecular flexibility index (Phi) is 5.16. The van der Waals surface area contributed by atoms with Crippen molar-refractivity contribution in [3.05, 3.63) is 35.9 Å². The molecule has 94 valence electrons. The molecule has 0 heterocycles. The van der Waals surface area contributed by atoms with Crippen molar-refractivity contribution in [3.63, 3.8) is 0 Å². The third kappa shape index (κ3) is 3.86. The fourth-order valence-corrected chi connectivity index (χ4v) is 1.90. The van der Waals surface area contributed by atoms with Crippen molar-refractivity contribution in [1.82, 2.24) is 4.90 Å². The fourth-order valence-electron chi connectivity index (χ4n) is 1.90. The lowest BCUT2D eigenvalue weighted by atomic mass is 10.1. The number of rotatable bonds is 5. The second-order valence-corrected chi connectivity index (χ2v) is 4.43. The summed E-state index contributed by atoms with van der Waals surface area (Å²) in [5.74, 6) is -0.193. The molecule has 3 nitrogen and oxygen atoms in total. The lowest BCUT2D eigenvalue weighted by molar-refractivity contribution is -0.143. The highest BCUT2D eigenvalue weighted by Crippen LogP contribution is 2.21. The molecule has 1 aromatic carbocycles. The standard InChI is InChI=1S/C14H21NO2/c1-11(2)15(10-14(16)17-4)12(3)13-8-6-5-7-9-13/h5-9,11-12H,10H2,1-4H3. The van der Waals surface area contributed by atoms with E-state index < -0.39 is 0 Å². The molecule has 0 aliphatic carbocycles.